The lowest BCUT2D eigenvalue weighted by atomic mass is 10.0. The minimum absolute atomic E-state index is 0.0377. The Balaban J connectivity index is 1.54. The predicted molar refractivity (Wildman–Crippen MR) is 128 cm³/mol. The number of amidine groups is 1. The fraction of sp³-hybridized carbons (Fsp3) is 0.0455. The van der Waals surface area contributed by atoms with E-state index in [0.717, 1.165) is 4.47 Å². The number of amides is 1. The Morgan fingerprint density at radius 1 is 1.03 bits per heavy atom. The first-order valence-electron chi connectivity index (χ1n) is 9.26. The second-order valence-electron chi connectivity index (χ2n) is 6.61. The maximum atomic E-state index is 14.5. The van der Waals surface area contributed by atoms with Crippen molar-refractivity contribution in [3.05, 3.63) is 92.1 Å². The average Bonchev–Trinajstić information content (AvgIpc) is 2.94. The molecule has 2 N–H and O–H groups in total. The number of carbonyl (C=O) groups excluding carboxylic acids is 1. The molecular weight excluding hydrogens is 522 g/mol. The van der Waals surface area contributed by atoms with Gasteiger partial charge in [0.1, 0.15) is 12.4 Å². The molecule has 1 amide bonds. The molecule has 10 heteroatoms. The topological polar surface area (TPSA) is 75.1 Å². The van der Waals surface area contributed by atoms with Crippen molar-refractivity contribution in [3.63, 3.8) is 0 Å². The predicted octanol–water partition coefficient (Wildman–Crippen LogP) is 6.53. The molecule has 3 aromatic carbocycles. The number of nitrogens with one attached hydrogen (secondary N) is 2. The fourth-order valence-corrected chi connectivity index (χ4v) is 3.64. The van der Waals surface area contributed by atoms with E-state index in [-0.39, 0.29) is 12.4 Å². The molecule has 1 aliphatic heterocycles. The number of nitrogens with zero attached hydrogens (tertiary/aromatic N) is 2. The number of hydrogen-bond donors (Lipinski definition) is 2. The van der Waals surface area contributed by atoms with Gasteiger partial charge in [0.15, 0.2) is 5.84 Å². The molecule has 6 nitrogen and oxygen atoms in total. The number of anilines is 1. The zero-order chi connectivity index (χ0) is 22.7. The van der Waals surface area contributed by atoms with Gasteiger partial charge in [0, 0.05) is 21.3 Å². The summed E-state index contributed by atoms with van der Waals surface area (Å²) in [5.41, 5.74) is 4.90. The number of benzene rings is 3. The monoisotopic (exact) mass is 534 g/mol. The molecular formula is C22H14BrCl2FN4O2. The third-order valence-corrected chi connectivity index (χ3v) is 5.64. The Hall–Kier alpha value is -2.94. The number of carbonyl (C=O) groups is 1. The Bertz CT molecular complexity index is 1270. The minimum atomic E-state index is -0.787. The van der Waals surface area contributed by atoms with Crippen LogP contribution in [-0.4, -0.2) is 24.2 Å². The van der Waals surface area contributed by atoms with E-state index < -0.39 is 11.9 Å². The summed E-state index contributed by atoms with van der Waals surface area (Å²) >= 11 is 15.2. The van der Waals surface area contributed by atoms with Crippen molar-refractivity contribution in [2.75, 3.05) is 11.9 Å². The molecule has 0 unspecified atom stereocenters. The molecule has 0 bridgehead atoms. The summed E-state index contributed by atoms with van der Waals surface area (Å²) in [6.07, 6.45) is -0.787. The lowest BCUT2D eigenvalue weighted by Crippen LogP contribution is -2.31. The molecule has 0 atom stereocenters. The van der Waals surface area contributed by atoms with Crippen LogP contribution in [0.1, 0.15) is 11.1 Å². The minimum Gasteiger partial charge on any atom is -0.323 e. The molecule has 1 heterocycles. The highest BCUT2D eigenvalue weighted by atomic mass is 79.9. The van der Waals surface area contributed by atoms with E-state index in [1.807, 2.05) is 12.1 Å². The average molecular weight is 536 g/mol. The summed E-state index contributed by atoms with van der Waals surface area (Å²) in [6.45, 7) is 0.0377. The molecule has 0 saturated carbocycles. The van der Waals surface area contributed by atoms with Gasteiger partial charge < -0.3 is 4.84 Å². The van der Waals surface area contributed by atoms with E-state index in [2.05, 4.69) is 36.7 Å². The number of halogens is 4. The van der Waals surface area contributed by atoms with Gasteiger partial charge in [0.2, 0.25) is 0 Å². The van der Waals surface area contributed by atoms with Gasteiger partial charge in [-0.3, -0.25) is 10.3 Å². The van der Waals surface area contributed by atoms with Crippen LogP contribution in [-0.2, 0) is 4.84 Å². The maximum Gasteiger partial charge on any atom is 0.435 e. The van der Waals surface area contributed by atoms with Crippen molar-refractivity contribution in [2.24, 2.45) is 9.98 Å². The van der Waals surface area contributed by atoms with Crippen LogP contribution < -0.4 is 10.8 Å². The van der Waals surface area contributed by atoms with Crippen LogP contribution >= 0.6 is 39.1 Å². The van der Waals surface area contributed by atoms with Crippen LogP contribution in [0.4, 0.5) is 20.6 Å². The van der Waals surface area contributed by atoms with E-state index in [1.54, 1.807) is 36.4 Å². The van der Waals surface area contributed by atoms with E-state index in [0.29, 0.717) is 38.3 Å². The highest BCUT2D eigenvalue weighted by Gasteiger charge is 2.19. The van der Waals surface area contributed by atoms with Gasteiger partial charge in [-0.2, -0.15) is 0 Å². The summed E-state index contributed by atoms with van der Waals surface area (Å²) in [4.78, 5) is 26.2. The number of aliphatic imine (C=N–C) groups is 2. The molecule has 0 fully saturated rings. The zero-order valence-corrected chi connectivity index (χ0v) is 19.3. The number of rotatable bonds is 2. The number of hydroxylamine groups is 1. The van der Waals surface area contributed by atoms with Crippen LogP contribution in [0, 0.1) is 5.82 Å². The van der Waals surface area contributed by atoms with Gasteiger partial charge in [-0.25, -0.2) is 19.7 Å². The van der Waals surface area contributed by atoms with Gasteiger partial charge >= 0.3 is 6.09 Å². The van der Waals surface area contributed by atoms with Crippen molar-refractivity contribution in [3.8, 4) is 0 Å². The van der Waals surface area contributed by atoms with Crippen LogP contribution in [0.25, 0.3) is 0 Å². The Morgan fingerprint density at radius 2 is 1.84 bits per heavy atom. The van der Waals surface area contributed by atoms with Crippen LogP contribution in [0.15, 0.2) is 75.1 Å². The van der Waals surface area contributed by atoms with Gasteiger partial charge in [-0.05, 0) is 48.5 Å². The Morgan fingerprint density at radius 3 is 2.62 bits per heavy atom. The molecule has 0 saturated heterocycles. The standard InChI is InChI=1S/C22H14BrCl2FN4O2/c23-12-5-8-19-15(9-12)21(14-3-1-2-4-18(14)26)27-11-20(29-19)30-32-22(31)28-13-6-7-16(24)17(25)10-13/h1-10H,11H2,(H,28,31)(H,29,30). The molecule has 3 aromatic rings. The van der Waals surface area contributed by atoms with Crippen molar-refractivity contribution in [2.45, 2.75) is 0 Å². The Kier molecular flexibility index (Phi) is 6.74. The molecule has 0 spiro atoms. The summed E-state index contributed by atoms with van der Waals surface area (Å²) in [7, 11) is 0. The first kappa shape index (κ1) is 22.3. The molecule has 1 aliphatic rings. The summed E-state index contributed by atoms with van der Waals surface area (Å²) in [5.74, 6) is -0.130. The summed E-state index contributed by atoms with van der Waals surface area (Å²) in [6, 6.07) is 16.4. The van der Waals surface area contributed by atoms with Crippen molar-refractivity contribution in [1.29, 1.82) is 0 Å². The second kappa shape index (κ2) is 9.68. The zero-order valence-electron chi connectivity index (χ0n) is 16.2. The molecule has 0 aliphatic carbocycles. The fourth-order valence-electron chi connectivity index (χ4n) is 2.98. The first-order chi connectivity index (χ1) is 15.4. The Labute approximate surface area is 201 Å². The smallest absolute Gasteiger partial charge is 0.323 e. The lowest BCUT2D eigenvalue weighted by Gasteiger charge is -2.09. The normalized spacial score (nSPS) is 12.8. The molecule has 0 aromatic heterocycles. The van der Waals surface area contributed by atoms with Crippen molar-refractivity contribution < 1.29 is 14.0 Å². The van der Waals surface area contributed by atoms with Crippen molar-refractivity contribution in [1.82, 2.24) is 5.48 Å². The number of hydrogen-bond acceptors (Lipinski definition) is 5. The summed E-state index contributed by atoms with van der Waals surface area (Å²) < 4.78 is 15.3. The third-order valence-electron chi connectivity index (χ3n) is 4.41. The van der Waals surface area contributed by atoms with Crippen molar-refractivity contribution >= 4 is 68.1 Å². The van der Waals surface area contributed by atoms with E-state index in [1.165, 1.54) is 12.1 Å². The van der Waals surface area contributed by atoms with Crippen LogP contribution in [0.3, 0.4) is 0 Å². The highest BCUT2D eigenvalue weighted by Crippen LogP contribution is 2.29. The molecule has 32 heavy (non-hydrogen) atoms. The highest BCUT2D eigenvalue weighted by molar-refractivity contribution is 9.10. The second-order valence-corrected chi connectivity index (χ2v) is 8.34. The van der Waals surface area contributed by atoms with Gasteiger partial charge in [0.25, 0.3) is 0 Å². The van der Waals surface area contributed by atoms with Gasteiger partial charge in [-0.15, -0.1) is 0 Å². The first-order valence-corrected chi connectivity index (χ1v) is 10.8. The van der Waals surface area contributed by atoms with E-state index in [4.69, 9.17) is 28.0 Å². The molecule has 162 valence electrons. The van der Waals surface area contributed by atoms with Gasteiger partial charge in [0.05, 0.1) is 21.4 Å². The van der Waals surface area contributed by atoms with E-state index >= 15 is 0 Å². The largest absolute Gasteiger partial charge is 0.435 e. The number of fused-ring (bicyclic) bond motifs is 1. The molecule has 4 rings (SSSR count). The van der Waals surface area contributed by atoms with Crippen LogP contribution in [0.2, 0.25) is 10.0 Å². The quantitative estimate of drug-likeness (QED) is 0.366. The van der Waals surface area contributed by atoms with Gasteiger partial charge in [-0.1, -0.05) is 51.3 Å². The molecule has 0 radical (unpaired) electrons. The third kappa shape index (κ3) is 5.09. The SMILES string of the molecule is O=C(Nc1ccc(Cl)c(Cl)c1)ONC1=Nc2ccc(Br)cc2C(c2ccccc2F)=NC1. The summed E-state index contributed by atoms with van der Waals surface area (Å²) in [5, 5.41) is 3.18. The van der Waals surface area contributed by atoms with E-state index in [9.17, 15) is 9.18 Å². The maximum absolute atomic E-state index is 14.5. The van der Waals surface area contributed by atoms with Crippen LogP contribution in [0.5, 0.6) is 0 Å². The lowest BCUT2D eigenvalue weighted by molar-refractivity contribution is 0.134.